The fourth-order valence-electron chi connectivity index (χ4n) is 3.07. The quantitative estimate of drug-likeness (QED) is 0.880. The Morgan fingerprint density at radius 2 is 1.83 bits per heavy atom. The maximum absolute atomic E-state index is 10.8. The number of hydrogen-bond acceptors (Lipinski definition) is 5. The minimum absolute atomic E-state index is 0.104. The number of rotatable bonds is 5. The van der Waals surface area contributed by atoms with E-state index in [0.29, 0.717) is 18.0 Å². The number of aromatic nitrogens is 2. The van der Waals surface area contributed by atoms with Crippen LogP contribution in [-0.2, 0) is 0 Å². The van der Waals surface area contributed by atoms with Gasteiger partial charge in [0.15, 0.2) is 0 Å². The molecule has 1 unspecified atom stereocenters. The second-order valence-electron chi connectivity index (χ2n) is 6.14. The Kier molecular flexibility index (Phi) is 5.05. The zero-order valence-electron chi connectivity index (χ0n) is 13.7. The Morgan fingerprint density at radius 3 is 2.42 bits per heavy atom. The number of hydrogen-bond donors (Lipinski definition) is 2. The van der Waals surface area contributed by atoms with Crippen LogP contribution in [0.3, 0.4) is 0 Å². The third-order valence-electron chi connectivity index (χ3n) is 4.59. The van der Waals surface area contributed by atoms with E-state index in [1.807, 2.05) is 6.07 Å². The molecule has 2 aromatic rings. The number of piperidine rings is 1. The maximum Gasteiger partial charge on any atom is 0.338 e. The third-order valence-corrected chi connectivity index (χ3v) is 4.59. The molecule has 1 fully saturated rings. The molecule has 24 heavy (non-hydrogen) atoms. The van der Waals surface area contributed by atoms with Crippen molar-refractivity contribution in [1.29, 1.82) is 0 Å². The number of carboxylic acids is 1. The molecule has 1 saturated heterocycles. The van der Waals surface area contributed by atoms with Crippen LogP contribution in [0.25, 0.3) is 0 Å². The second kappa shape index (κ2) is 7.40. The van der Waals surface area contributed by atoms with Crippen LogP contribution >= 0.6 is 0 Å². The Labute approximate surface area is 141 Å². The van der Waals surface area contributed by atoms with E-state index >= 15 is 0 Å². The second-order valence-corrected chi connectivity index (χ2v) is 6.14. The summed E-state index contributed by atoms with van der Waals surface area (Å²) in [6.45, 7) is 4.28. The van der Waals surface area contributed by atoms with Gasteiger partial charge in [0.2, 0.25) is 5.95 Å². The highest BCUT2D eigenvalue weighted by atomic mass is 16.4. The van der Waals surface area contributed by atoms with Crippen molar-refractivity contribution in [2.45, 2.75) is 31.8 Å². The molecule has 0 amide bonds. The van der Waals surface area contributed by atoms with Crippen LogP contribution in [0.5, 0.6) is 0 Å². The summed E-state index contributed by atoms with van der Waals surface area (Å²) in [4.78, 5) is 21.5. The molecule has 1 aromatic carbocycles. The first-order valence-electron chi connectivity index (χ1n) is 8.24. The van der Waals surface area contributed by atoms with E-state index in [-0.39, 0.29) is 5.56 Å². The molecule has 1 aliphatic rings. The van der Waals surface area contributed by atoms with Gasteiger partial charge in [-0.2, -0.15) is 0 Å². The molecule has 6 nitrogen and oxygen atoms in total. The van der Waals surface area contributed by atoms with Gasteiger partial charge in [-0.25, -0.2) is 14.8 Å². The fraction of sp³-hybridized carbons (Fsp3) is 0.389. The average Bonchev–Trinajstić information content (AvgIpc) is 2.63. The van der Waals surface area contributed by atoms with Gasteiger partial charge in [0.05, 0.1) is 5.56 Å². The lowest BCUT2D eigenvalue weighted by molar-refractivity contribution is 0.0696. The largest absolute Gasteiger partial charge is 0.478 e. The first-order valence-corrected chi connectivity index (χ1v) is 8.24. The zero-order valence-corrected chi connectivity index (χ0v) is 13.7. The molecule has 126 valence electrons. The van der Waals surface area contributed by atoms with Crippen molar-refractivity contribution in [2.75, 3.05) is 18.4 Å². The number of carbonyl (C=O) groups is 1. The van der Waals surface area contributed by atoms with E-state index in [9.17, 15) is 4.79 Å². The predicted molar refractivity (Wildman–Crippen MR) is 92.1 cm³/mol. The van der Waals surface area contributed by atoms with E-state index in [4.69, 9.17) is 5.11 Å². The summed E-state index contributed by atoms with van der Waals surface area (Å²) in [6.07, 6.45) is 4.71. The molecule has 3 rings (SSSR count). The summed E-state index contributed by atoms with van der Waals surface area (Å²) in [6, 6.07) is 11.3. The molecule has 0 bridgehead atoms. The van der Waals surface area contributed by atoms with Gasteiger partial charge in [-0.05, 0) is 25.3 Å². The molecule has 0 radical (unpaired) electrons. The molecule has 0 spiro atoms. The Morgan fingerprint density at radius 1 is 1.21 bits per heavy atom. The highest BCUT2D eigenvalue weighted by molar-refractivity contribution is 5.86. The Bertz CT molecular complexity index is 667. The number of nitrogens with zero attached hydrogens (tertiary/aromatic N) is 3. The minimum Gasteiger partial charge on any atom is -0.478 e. The van der Waals surface area contributed by atoms with E-state index in [1.54, 1.807) is 0 Å². The molecule has 1 atom stereocenters. The van der Waals surface area contributed by atoms with Crippen LogP contribution in [0.4, 0.5) is 5.95 Å². The van der Waals surface area contributed by atoms with Gasteiger partial charge < -0.3 is 10.4 Å². The number of benzene rings is 1. The molecular formula is C18H22N4O2. The number of likely N-dealkylation sites (tertiary alicyclic amines) is 1. The molecule has 6 heteroatoms. The van der Waals surface area contributed by atoms with Gasteiger partial charge in [-0.1, -0.05) is 30.3 Å². The van der Waals surface area contributed by atoms with Gasteiger partial charge in [-0.3, -0.25) is 4.90 Å². The third kappa shape index (κ3) is 3.89. The van der Waals surface area contributed by atoms with Gasteiger partial charge in [-0.15, -0.1) is 0 Å². The SMILES string of the molecule is CC(c1ccccc1)N1CCC(Nc2ncc(C(=O)O)cn2)CC1. The smallest absolute Gasteiger partial charge is 0.338 e. The monoisotopic (exact) mass is 326 g/mol. The molecule has 1 aromatic heterocycles. The summed E-state index contributed by atoms with van der Waals surface area (Å²) in [5, 5.41) is 12.2. The minimum atomic E-state index is -1.01. The van der Waals surface area contributed by atoms with Crippen LogP contribution in [0.2, 0.25) is 0 Å². The molecule has 2 N–H and O–H groups in total. The summed E-state index contributed by atoms with van der Waals surface area (Å²) >= 11 is 0. The summed E-state index contributed by atoms with van der Waals surface area (Å²) < 4.78 is 0. The standard InChI is InChI=1S/C18H22N4O2/c1-13(14-5-3-2-4-6-14)22-9-7-16(8-10-22)21-18-19-11-15(12-20-18)17(23)24/h2-6,11-13,16H,7-10H2,1H3,(H,23,24)(H,19,20,21). The van der Waals surface area contributed by atoms with Gasteiger partial charge in [0, 0.05) is 37.6 Å². The summed E-state index contributed by atoms with van der Waals surface area (Å²) in [7, 11) is 0. The van der Waals surface area contributed by atoms with Crippen LogP contribution in [0.15, 0.2) is 42.7 Å². The van der Waals surface area contributed by atoms with Crippen molar-refractivity contribution >= 4 is 11.9 Å². The molecule has 1 aliphatic heterocycles. The van der Waals surface area contributed by atoms with E-state index in [0.717, 1.165) is 25.9 Å². The molecule has 0 aliphatic carbocycles. The van der Waals surface area contributed by atoms with Crippen LogP contribution in [0.1, 0.15) is 41.7 Å². The van der Waals surface area contributed by atoms with Gasteiger partial charge in [0.1, 0.15) is 0 Å². The summed E-state index contributed by atoms with van der Waals surface area (Å²) in [5.74, 6) is -0.515. The number of carboxylic acid groups (broad SMARTS) is 1. The average molecular weight is 326 g/mol. The highest BCUT2D eigenvalue weighted by Crippen LogP contribution is 2.24. The topological polar surface area (TPSA) is 78.4 Å². The first-order chi connectivity index (χ1) is 11.6. The molecule has 0 saturated carbocycles. The van der Waals surface area contributed by atoms with E-state index in [2.05, 4.69) is 51.4 Å². The lowest BCUT2D eigenvalue weighted by atomic mass is 10.0. The maximum atomic E-state index is 10.8. The normalized spacial score (nSPS) is 17.4. The van der Waals surface area contributed by atoms with Crippen molar-refractivity contribution < 1.29 is 9.90 Å². The molecular weight excluding hydrogens is 304 g/mol. The Hall–Kier alpha value is -2.47. The number of aromatic carboxylic acids is 1. The fourth-order valence-corrected chi connectivity index (χ4v) is 3.07. The predicted octanol–water partition coefficient (Wildman–Crippen LogP) is 2.81. The number of nitrogens with one attached hydrogen (secondary N) is 1. The van der Waals surface area contributed by atoms with Crippen molar-refractivity contribution in [1.82, 2.24) is 14.9 Å². The van der Waals surface area contributed by atoms with Crippen molar-refractivity contribution in [3.05, 3.63) is 53.9 Å². The van der Waals surface area contributed by atoms with Gasteiger partial charge in [0.25, 0.3) is 0 Å². The van der Waals surface area contributed by atoms with Crippen molar-refractivity contribution in [2.24, 2.45) is 0 Å². The summed E-state index contributed by atoms with van der Waals surface area (Å²) in [5.41, 5.74) is 1.45. The van der Waals surface area contributed by atoms with E-state index in [1.165, 1.54) is 18.0 Å². The lowest BCUT2D eigenvalue weighted by Crippen LogP contribution is -2.40. The van der Waals surface area contributed by atoms with Crippen LogP contribution < -0.4 is 5.32 Å². The van der Waals surface area contributed by atoms with Crippen molar-refractivity contribution in [3.63, 3.8) is 0 Å². The van der Waals surface area contributed by atoms with Crippen LogP contribution in [0, 0.1) is 0 Å². The first kappa shape index (κ1) is 16.4. The van der Waals surface area contributed by atoms with E-state index < -0.39 is 5.97 Å². The highest BCUT2D eigenvalue weighted by Gasteiger charge is 2.23. The van der Waals surface area contributed by atoms with Crippen LogP contribution in [-0.4, -0.2) is 45.1 Å². The number of anilines is 1. The van der Waals surface area contributed by atoms with Crippen molar-refractivity contribution in [3.8, 4) is 0 Å². The zero-order chi connectivity index (χ0) is 16.9. The lowest BCUT2D eigenvalue weighted by Gasteiger charge is -2.36. The van der Waals surface area contributed by atoms with Gasteiger partial charge >= 0.3 is 5.97 Å². The molecule has 2 heterocycles. The Balaban J connectivity index is 1.52.